The van der Waals surface area contributed by atoms with Crippen LogP contribution in [0, 0.1) is 0 Å². The van der Waals surface area contributed by atoms with Gasteiger partial charge < -0.3 is 16.0 Å². The van der Waals surface area contributed by atoms with Gasteiger partial charge in [0, 0.05) is 30.0 Å². The monoisotopic (exact) mass is 538 g/mol. The molecule has 196 valence electrons. The molecule has 9 nitrogen and oxygen atoms in total. The van der Waals surface area contributed by atoms with E-state index in [0.29, 0.717) is 33.2 Å². The molecule has 1 saturated carbocycles. The van der Waals surface area contributed by atoms with E-state index in [9.17, 15) is 14.4 Å². The number of nitrogens with one attached hydrogen (secondary N) is 3. The van der Waals surface area contributed by atoms with E-state index < -0.39 is 0 Å². The molecule has 1 aliphatic carbocycles. The van der Waals surface area contributed by atoms with Crippen LogP contribution < -0.4 is 20.9 Å². The number of urea groups is 1. The molecule has 39 heavy (non-hydrogen) atoms. The molecule has 2 aliphatic rings. The molecule has 4 heterocycles. The number of benzene rings is 1. The minimum Gasteiger partial charge on any atom is -0.350 e. The summed E-state index contributed by atoms with van der Waals surface area (Å²) >= 11 is 1.25. The van der Waals surface area contributed by atoms with Gasteiger partial charge in [-0.1, -0.05) is 36.9 Å². The number of thiophene rings is 1. The number of carbonyl (C=O) groups is 3. The zero-order valence-corrected chi connectivity index (χ0v) is 21.8. The third-order valence-corrected chi connectivity index (χ3v) is 8.16. The smallest absolute Gasteiger partial charge is 0.331 e. The van der Waals surface area contributed by atoms with Crippen LogP contribution in [0.1, 0.15) is 35.4 Å². The van der Waals surface area contributed by atoms with Gasteiger partial charge in [0.2, 0.25) is 5.91 Å². The van der Waals surface area contributed by atoms with E-state index in [0.717, 1.165) is 35.9 Å². The number of nitrogens with zero attached hydrogens (tertiary/aromatic N) is 3. The highest BCUT2D eigenvalue weighted by atomic mass is 32.1. The average molecular weight is 539 g/mol. The first kappa shape index (κ1) is 24.7. The molecule has 4 aromatic rings. The molecule has 3 N–H and O–H groups in total. The van der Waals surface area contributed by atoms with E-state index >= 15 is 0 Å². The molecule has 0 spiro atoms. The third-order valence-electron chi connectivity index (χ3n) is 7.06. The van der Waals surface area contributed by atoms with Crippen molar-refractivity contribution in [2.75, 3.05) is 10.2 Å². The number of pyridine rings is 2. The van der Waals surface area contributed by atoms with Gasteiger partial charge in [0.1, 0.15) is 9.71 Å². The Balaban J connectivity index is 1.30. The van der Waals surface area contributed by atoms with Crippen LogP contribution in [-0.4, -0.2) is 39.9 Å². The Morgan fingerprint density at radius 1 is 1.05 bits per heavy atom. The Morgan fingerprint density at radius 2 is 1.82 bits per heavy atom. The van der Waals surface area contributed by atoms with Gasteiger partial charge in [-0.15, -0.1) is 11.3 Å². The van der Waals surface area contributed by atoms with Crippen molar-refractivity contribution in [3.63, 3.8) is 0 Å². The minimum atomic E-state index is -0.363. The zero-order valence-electron chi connectivity index (χ0n) is 21.0. The van der Waals surface area contributed by atoms with Gasteiger partial charge in [0.15, 0.2) is 0 Å². The summed E-state index contributed by atoms with van der Waals surface area (Å²) in [7, 11) is 0. The molecule has 3 aromatic heterocycles. The first-order chi connectivity index (χ1) is 19.0. The van der Waals surface area contributed by atoms with E-state index in [2.05, 4.69) is 32.5 Å². The minimum absolute atomic E-state index is 0.0158. The van der Waals surface area contributed by atoms with Crippen LogP contribution in [0.2, 0.25) is 0 Å². The van der Waals surface area contributed by atoms with Crippen molar-refractivity contribution in [3.8, 4) is 11.3 Å². The third kappa shape index (κ3) is 4.74. The van der Waals surface area contributed by atoms with Crippen molar-refractivity contribution in [1.82, 2.24) is 20.6 Å². The standard InChI is InChI=1S/C29H26N6O3S/c1-2-23(36)32-18-9-6-10-19(15-18)33-27(37)26-25-24-22(12-14-31-28(24)39-26)35(29(38)34-25)20-11-13-30-21(16-20)17-7-4-3-5-8-17/h2-5,7-8,11-14,16,18-19H,1,6,9-10,15H2,(H,32,36)(H,33,37)(H,34,38)/t18-,19-/m1/s1. The summed E-state index contributed by atoms with van der Waals surface area (Å²) < 4.78 is 0. The summed E-state index contributed by atoms with van der Waals surface area (Å²) in [6.45, 7) is 3.51. The molecule has 4 amide bonds. The molecular weight excluding hydrogens is 512 g/mol. The maximum absolute atomic E-state index is 13.5. The SMILES string of the molecule is C=CC(=O)N[C@@H]1CCC[C@@H](NC(=O)c2sc3nccc4c3c2NC(=O)N4c2ccnc(-c3ccccc3)c2)C1. The second-order valence-corrected chi connectivity index (χ2v) is 10.6. The number of amides is 4. The molecular formula is C29H26N6O3S. The summed E-state index contributed by atoms with van der Waals surface area (Å²) in [5, 5.41) is 9.72. The summed E-state index contributed by atoms with van der Waals surface area (Å²) in [4.78, 5) is 50.3. The maximum Gasteiger partial charge on any atom is 0.331 e. The molecule has 2 atom stereocenters. The zero-order chi connectivity index (χ0) is 26.9. The summed E-state index contributed by atoms with van der Waals surface area (Å²) in [6.07, 6.45) is 7.80. The van der Waals surface area contributed by atoms with Crippen molar-refractivity contribution >= 4 is 56.5 Å². The first-order valence-electron chi connectivity index (χ1n) is 12.8. The number of anilines is 3. The lowest BCUT2D eigenvalue weighted by Gasteiger charge is -2.30. The Labute approximate surface area is 229 Å². The second-order valence-electron chi connectivity index (χ2n) is 9.59. The molecule has 6 rings (SSSR count). The van der Waals surface area contributed by atoms with Gasteiger partial charge in [0.05, 0.1) is 28.1 Å². The highest BCUT2D eigenvalue weighted by Crippen LogP contribution is 2.46. The second kappa shape index (κ2) is 10.3. The molecule has 1 aromatic carbocycles. The summed E-state index contributed by atoms with van der Waals surface area (Å²) in [5.74, 6) is -0.472. The Bertz CT molecular complexity index is 1600. The highest BCUT2D eigenvalue weighted by Gasteiger charge is 2.34. The van der Waals surface area contributed by atoms with Crippen molar-refractivity contribution in [2.45, 2.75) is 37.8 Å². The quantitative estimate of drug-likeness (QED) is 0.285. The van der Waals surface area contributed by atoms with E-state index in [1.165, 1.54) is 17.4 Å². The molecule has 1 fully saturated rings. The Kier molecular flexibility index (Phi) is 6.54. The van der Waals surface area contributed by atoms with Crippen molar-refractivity contribution in [1.29, 1.82) is 0 Å². The van der Waals surface area contributed by atoms with Crippen molar-refractivity contribution in [2.24, 2.45) is 0 Å². The number of hydrogen-bond acceptors (Lipinski definition) is 6. The molecule has 10 heteroatoms. The molecule has 0 bridgehead atoms. The topological polar surface area (TPSA) is 116 Å². The molecule has 1 aliphatic heterocycles. The van der Waals surface area contributed by atoms with Gasteiger partial charge in [-0.3, -0.25) is 19.5 Å². The highest BCUT2D eigenvalue weighted by molar-refractivity contribution is 7.21. The molecule has 0 unspecified atom stereocenters. The average Bonchev–Trinajstić information content (AvgIpc) is 3.33. The van der Waals surface area contributed by atoms with Crippen LogP contribution in [0.3, 0.4) is 0 Å². The van der Waals surface area contributed by atoms with E-state index in [-0.39, 0.29) is 29.9 Å². The molecule has 0 saturated heterocycles. The number of aromatic nitrogens is 2. The predicted molar refractivity (Wildman–Crippen MR) is 152 cm³/mol. The lowest BCUT2D eigenvalue weighted by molar-refractivity contribution is -0.117. The van der Waals surface area contributed by atoms with Crippen LogP contribution >= 0.6 is 11.3 Å². The largest absolute Gasteiger partial charge is 0.350 e. The van der Waals surface area contributed by atoms with Gasteiger partial charge in [-0.2, -0.15) is 0 Å². The van der Waals surface area contributed by atoms with Gasteiger partial charge >= 0.3 is 6.03 Å². The fourth-order valence-electron chi connectivity index (χ4n) is 5.29. The number of rotatable bonds is 6. The van der Waals surface area contributed by atoms with Crippen LogP contribution in [0.5, 0.6) is 0 Å². The molecule has 0 radical (unpaired) electrons. The van der Waals surface area contributed by atoms with E-state index in [1.807, 2.05) is 36.4 Å². The normalized spacial score (nSPS) is 18.4. The first-order valence-corrected chi connectivity index (χ1v) is 13.6. The maximum atomic E-state index is 13.5. The van der Waals surface area contributed by atoms with Gasteiger partial charge in [-0.05, 0) is 50.0 Å². The van der Waals surface area contributed by atoms with Gasteiger partial charge in [0.25, 0.3) is 5.91 Å². The Hall–Kier alpha value is -4.57. The van der Waals surface area contributed by atoms with Crippen LogP contribution in [0.4, 0.5) is 21.9 Å². The fraction of sp³-hybridized carbons (Fsp3) is 0.207. The predicted octanol–water partition coefficient (Wildman–Crippen LogP) is 5.39. The van der Waals surface area contributed by atoms with Crippen LogP contribution in [0.25, 0.3) is 21.5 Å². The summed E-state index contributed by atoms with van der Waals surface area (Å²) in [5.41, 5.74) is 3.48. The number of carbonyl (C=O) groups excluding carboxylic acids is 3. The fourth-order valence-corrected chi connectivity index (χ4v) is 6.31. The van der Waals surface area contributed by atoms with Crippen LogP contribution in [-0.2, 0) is 4.79 Å². The lowest BCUT2D eigenvalue weighted by Crippen LogP contribution is -2.45. The van der Waals surface area contributed by atoms with E-state index in [1.54, 1.807) is 29.4 Å². The van der Waals surface area contributed by atoms with Crippen molar-refractivity contribution in [3.05, 3.63) is 78.5 Å². The van der Waals surface area contributed by atoms with Gasteiger partial charge in [-0.25, -0.2) is 9.78 Å². The van der Waals surface area contributed by atoms with E-state index in [4.69, 9.17) is 0 Å². The van der Waals surface area contributed by atoms with Crippen LogP contribution in [0.15, 0.2) is 73.6 Å². The lowest BCUT2D eigenvalue weighted by atomic mass is 9.91. The Morgan fingerprint density at radius 3 is 2.62 bits per heavy atom. The number of hydrogen-bond donors (Lipinski definition) is 3. The summed E-state index contributed by atoms with van der Waals surface area (Å²) in [6, 6.07) is 14.7. The van der Waals surface area contributed by atoms with Crippen molar-refractivity contribution < 1.29 is 14.4 Å².